The molecule has 5 N–H and O–H groups in total. The summed E-state index contributed by atoms with van der Waals surface area (Å²) in [5.41, 5.74) is 10.8. The summed E-state index contributed by atoms with van der Waals surface area (Å²) in [7, 11) is 2.03. The molecular weight excluding hydrogens is 156 g/mol. The molecule has 1 rings (SSSR count). The fourth-order valence-electron chi connectivity index (χ4n) is 1.37. The van der Waals surface area contributed by atoms with Crippen molar-refractivity contribution in [1.82, 2.24) is 4.90 Å². The van der Waals surface area contributed by atoms with Crippen molar-refractivity contribution >= 4 is 5.84 Å². The van der Waals surface area contributed by atoms with E-state index in [1.807, 2.05) is 7.05 Å². The maximum atomic E-state index is 8.49. The van der Waals surface area contributed by atoms with Crippen molar-refractivity contribution in [2.75, 3.05) is 20.1 Å². The van der Waals surface area contributed by atoms with Crippen LogP contribution in [0.2, 0.25) is 0 Å². The van der Waals surface area contributed by atoms with Gasteiger partial charge in [0.15, 0.2) is 5.84 Å². The second-order valence-electron chi connectivity index (χ2n) is 3.44. The Bertz CT molecular complexity index is 184. The zero-order chi connectivity index (χ0) is 9.19. The van der Waals surface area contributed by atoms with E-state index < -0.39 is 5.54 Å². The van der Waals surface area contributed by atoms with Gasteiger partial charge >= 0.3 is 0 Å². The van der Waals surface area contributed by atoms with Gasteiger partial charge in [-0.25, -0.2) is 0 Å². The van der Waals surface area contributed by atoms with Gasteiger partial charge in [0.05, 0.1) is 5.54 Å². The Balaban J connectivity index is 2.62. The van der Waals surface area contributed by atoms with Gasteiger partial charge in [0.1, 0.15) is 0 Å². The van der Waals surface area contributed by atoms with Crippen LogP contribution >= 0.6 is 0 Å². The minimum atomic E-state index is -0.596. The number of amidine groups is 1. The van der Waals surface area contributed by atoms with Gasteiger partial charge in [0.25, 0.3) is 0 Å². The third-order valence-corrected chi connectivity index (χ3v) is 2.50. The molecule has 0 spiro atoms. The van der Waals surface area contributed by atoms with Crippen LogP contribution in [0.25, 0.3) is 0 Å². The zero-order valence-electron chi connectivity index (χ0n) is 7.32. The summed E-state index contributed by atoms with van der Waals surface area (Å²) in [6.45, 7) is 1.79. The second-order valence-corrected chi connectivity index (χ2v) is 3.44. The first-order valence-corrected chi connectivity index (χ1v) is 4.04. The highest BCUT2D eigenvalue weighted by Crippen LogP contribution is 2.18. The van der Waals surface area contributed by atoms with Gasteiger partial charge in [-0.3, -0.25) is 0 Å². The van der Waals surface area contributed by atoms with E-state index in [0.29, 0.717) is 0 Å². The summed E-state index contributed by atoms with van der Waals surface area (Å²) in [5, 5.41) is 11.4. The molecule has 1 heterocycles. The molecule has 5 nitrogen and oxygen atoms in total. The van der Waals surface area contributed by atoms with Crippen molar-refractivity contribution in [2.24, 2.45) is 16.6 Å². The zero-order valence-corrected chi connectivity index (χ0v) is 7.32. The molecule has 0 atom stereocenters. The van der Waals surface area contributed by atoms with E-state index in [0.717, 1.165) is 25.9 Å². The van der Waals surface area contributed by atoms with Crippen LogP contribution in [0.3, 0.4) is 0 Å². The molecule has 70 valence electrons. The van der Waals surface area contributed by atoms with Gasteiger partial charge in [-0.05, 0) is 19.9 Å². The van der Waals surface area contributed by atoms with Crippen LogP contribution in [-0.4, -0.2) is 41.6 Å². The van der Waals surface area contributed by atoms with Crippen LogP contribution < -0.4 is 11.5 Å². The standard InChI is InChI=1S/C7H16N4O/c1-11-4-2-7(9,3-5-11)6(8)10-12/h12H,2-5,9H2,1H3,(H2,8,10). The lowest BCUT2D eigenvalue weighted by Crippen LogP contribution is -2.57. The average molecular weight is 172 g/mol. The van der Waals surface area contributed by atoms with E-state index >= 15 is 0 Å². The highest BCUT2D eigenvalue weighted by Gasteiger charge is 2.33. The summed E-state index contributed by atoms with van der Waals surface area (Å²) in [5.74, 6) is 0.149. The highest BCUT2D eigenvalue weighted by atomic mass is 16.4. The molecule has 0 saturated carbocycles. The van der Waals surface area contributed by atoms with Crippen molar-refractivity contribution in [3.63, 3.8) is 0 Å². The van der Waals surface area contributed by atoms with Crippen molar-refractivity contribution in [3.8, 4) is 0 Å². The Morgan fingerprint density at radius 3 is 2.42 bits per heavy atom. The molecule has 1 saturated heterocycles. The minimum Gasteiger partial charge on any atom is -0.409 e. The predicted molar refractivity (Wildman–Crippen MR) is 47.1 cm³/mol. The minimum absolute atomic E-state index is 0.149. The molecule has 12 heavy (non-hydrogen) atoms. The highest BCUT2D eigenvalue weighted by molar-refractivity contribution is 5.89. The molecule has 1 fully saturated rings. The molecule has 5 heteroatoms. The van der Waals surface area contributed by atoms with Gasteiger partial charge < -0.3 is 21.6 Å². The first kappa shape index (κ1) is 9.28. The van der Waals surface area contributed by atoms with Crippen molar-refractivity contribution in [1.29, 1.82) is 0 Å². The maximum absolute atomic E-state index is 8.49. The molecule has 0 bridgehead atoms. The Kier molecular flexibility index (Phi) is 2.54. The Morgan fingerprint density at radius 2 is 2.00 bits per heavy atom. The van der Waals surface area contributed by atoms with E-state index in [1.54, 1.807) is 0 Å². The summed E-state index contributed by atoms with van der Waals surface area (Å²) < 4.78 is 0. The molecule has 0 aromatic carbocycles. The summed E-state index contributed by atoms with van der Waals surface area (Å²) in [4.78, 5) is 2.18. The van der Waals surface area contributed by atoms with E-state index in [2.05, 4.69) is 10.1 Å². The van der Waals surface area contributed by atoms with Crippen LogP contribution in [0.4, 0.5) is 0 Å². The van der Waals surface area contributed by atoms with E-state index in [9.17, 15) is 0 Å². The van der Waals surface area contributed by atoms with Crippen LogP contribution in [0.1, 0.15) is 12.8 Å². The van der Waals surface area contributed by atoms with Crippen molar-refractivity contribution in [3.05, 3.63) is 0 Å². The fourth-order valence-corrected chi connectivity index (χ4v) is 1.37. The molecular formula is C7H16N4O. The van der Waals surface area contributed by atoms with Crippen LogP contribution in [0.15, 0.2) is 5.16 Å². The number of rotatable bonds is 1. The summed E-state index contributed by atoms with van der Waals surface area (Å²) >= 11 is 0. The van der Waals surface area contributed by atoms with Crippen LogP contribution in [-0.2, 0) is 0 Å². The summed E-state index contributed by atoms with van der Waals surface area (Å²) in [6, 6.07) is 0. The van der Waals surface area contributed by atoms with Gasteiger partial charge in [-0.2, -0.15) is 0 Å². The first-order valence-electron chi connectivity index (χ1n) is 4.04. The number of piperidine rings is 1. The molecule has 0 amide bonds. The van der Waals surface area contributed by atoms with Gasteiger partial charge in [-0.15, -0.1) is 0 Å². The lowest BCUT2D eigenvalue weighted by Gasteiger charge is -2.36. The first-order chi connectivity index (χ1) is 5.58. The fraction of sp³-hybridized carbons (Fsp3) is 0.857. The van der Waals surface area contributed by atoms with Crippen LogP contribution in [0, 0.1) is 0 Å². The maximum Gasteiger partial charge on any atom is 0.159 e. The number of oxime groups is 1. The Morgan fingerprint density at radius 1 is 1.50 bits per heavy atom. The molecule has 0 unspecified atom stereocenters. The smallest absolute Gasteiger partial charge is 0.159 e. The third-order valence-electron chi connectivity index (χ3n) is 2.50. The molecule has 1 aliphatic heterocycles. The van der Waals surface area contributed by atoms with Crippen LogP contribution in [0.5, 0.6) is 0 Å². The molecule has 0 aliphatic carbocycles. The largest absolute Gasteiger partial charge is 0.409 e. The Hall–Kier alpha value is -0.810. The van der Waals surface area contributed by atoms with Crippen molar-refractivity contribution in [2.45, 2.75) is 18.4 Å². The number of hydrogen-bond acceptors (Lipinski definition) is 4. The quantitative estimate of drug-likeness (QED) is 0.208. The number of hydrogen-bond donors (Lipinski definition) is 3. The van der Waals surface area contributed by atoms with Crippen molar-refractivity contribution < 1.29 is 5.21 Å². The van der Waals surface area contributed by atoms with E-state index in [4.69, 9.17) is 16.7 Å². The molecule has 0 aromatic heterocycles. The lowest BCUT2D eigenvalue weighted by atomic mass is 9.88. The Labute approximate surface area is 72.0 Å². The lowest BCUT2D eigenvalue weighted by molar-refractivity contribution is 0.223. The monoisotopic (exact) mass is 172 g/mol. The van der Waals surface area contributed by atoms with Gasteiger partial charge in [-0.1, -0.05) is 5.16 Å². The predicted octanol–water partition coefficient (Wildman–Crippen LogP) is -0.844. The normalized spacial score (nSPS) is 25.7. The van der Waals surface area contributed by atoms with E-state index in [1.165, 1.54) is 0 Å². The third kappa shape index (κ3) is 1.67. The summed E-state index contributed by atoms with van der Waals surface area (Å²) in [6.07, 6.45) is 1.50. The second kappa shape index (κ2) is 3.28. The number of likely N-dealkylation sites (tertiary alicyclic amines) is 1. The molecule has 0 radical (unpaired) electrons. The SMILES string of the molecule is CN1CCC(N)(/C(N)=N/O)CC1. The van der Waals surface area contributed by atoms with E-state index in [-0.39, 0.29) is 5.84 Å². The topological polar surface area (TPSA) is 87.9 Å². The molecule has 0 aromatic rings. The number of nitrogens with two attached hydrogens (primary N) is 2. The van der Waals surface area contributed by atoms with Gasteiger partial charge in [0, 0.05) is 13.1 Å². The average Bonchev–Trinajstić information content (AvgIpc) is 2.09. The number of nitrogens with zero attached hydrogens (tertiary/aromatic N) is 2. The van der Waals surface area contributed by atoms with Gasteiger partial charge in [0.2, 0.25) is 0 Å². The molecule has 1 aliphatic rings.